The summed E-state index contributed by atoms with van der Waals surface area (Å²) in [6.45, 7) is 8.13. The van der Waals surface area contributed by atoms with Crippen molar-refractivity contribution in [1.82, 2.24) is 70.0 Å². The largest absolute Gasteiger partial charge is 0.491 e. The maximum Gasteiger partial charge on any atom is 0.278 e. The van der Waals surface area contributed by atoms with Crippen molar-refractivity contribution in [3.63, 3.8) is 0 Å². The van der Waals surface area contributed by atoms with Gasteiger partial charge in [0.15, 0.2) is 57.6 Å². The second kappa shape index (κ2) is 45.1. The number of nitrogens with zero attached hydrogens (tertiary/aromatic N) is 14. The van der Waals surface area contributed by atoms with Crippen molar-refractivity contribution >= 4 is 58.3 Å². The zero-order valence-corrected chi connectivity index (χ0v) is 71.8. The molecular weight excluding hydrogens is 1700 g/mol. The number of carbonyl (C=O) groups is 4. The smallest absolute Gasteiger partial charge is 0.278 e. The van der Waals surface area contributed by atoms with Gasteiger partial charge in [0.1, 0.15) is 79.8 Å². The van der Waals surface area contributed by atoms with Crippen LogP contribution in [0.2, 0.25) is 0 Å². The minimum Gasteiger partial charge on any atom is -0.491 e. The van der Waals surface area contributed by atoms with Crippen LogP contribution in [-0.4, -0.2) is 240 Å². The lowest BCUT2D eigenvalue weighted by molar-refractivity contribution is 0.0301. The molecule has 0 aliphatic carbocycles. The number of carbonyl (C=O) groups excluding carboxylic acids is 4. The Morgan fingerprint density at radius 3 is 1.23 bits per heavy atom. The van der Waals surface area contributed by atoms with Gasteiger partial charge in [-0.25, -0.2) is 44.9 Å². The maximum atomic E-state index is 12.8. The molecule has 26 bridgehead atoms. The predicted octanol–water partition coefficient (Wildman–Crippen LogP) is 11.4. The van der Waals surface area contributed by atoms with Crippen LogP contribution in [0.25, 0.3) is 90.5 Å². The number of para-hydroxylation sites is 1. The summed E-state index contributed by atoms with van der Waals surface area (Å²) in [7, 11) is 3.49. The average molecular weight is 1790 g/mol. The van der Waals surface area contributed by atoms with Crippen LogP contribution >= 0.6 is 0 Å². The van der Waals surface area contributed by atoms with E-state index in [9.17, 15) is 19.2 Å². The Hall–Kier alpha value is -16.0. The van der Waals surface area contributed by atoms with E-state index < -0.39 is 11.8 Å². The number of fused-ring (bicyclic) bond motifs is 38. The summed E-state index contributed by atoms with van der Waals surface area (Å²) in [6.07, 6.45) is 11.0. The molecule has 0 atom stereocenters. The topological polar surface area (TPSA) is 495 Å². The highest BCUT2D eigenvalue weighted by Gasteiger charge is 2.24. The summed E-state index contributed by atoms with van der Waals surface area (Å²) in [6, 6.07) is 52.3. The third-order valence-electron chi connectivity index (χ3n) is 20.0. The number of nitrogens with two attached hydrogens (primary N) is 4. The van der Waals surface area contributed by atoms with Crippen LogP contribution in [0.1, 0.15) is 41.7 Å². The summed E-state index contributed by atoms with van der Waals surface area (Å²) in [5.41, 5.74) is 34.9. The molecule has 4 amide bonds. The van der Waals surface area contributed by atoms with Crippen LogP contribution in [0.5, 0.6) is 34.6 Å². The molecule has 0 fully saturated rings. The monoisotopic (exact) mass is 1790 g/mol. The van der Waals surface area contributed by atoms with Gasteiger partial charge in [-0.2, -0.15) is 0 Å². The molecule has 6 aromatic carbocycles. The molecule has 20 rings (SSSR count). The van der Waals surface area contributed by atoms with Crippen molar-refractivity contribution < 1.29 is 85.1 Å². The summed E-state index contributed by atoms with van der Waals surface area (Å²) >= 11 is 0. The highest BCUT2D eigenvalue weighted by molar-refractivity contribution is 6.07. The van der Waals surface area contributed by atoms with E-state index in [0.29, 0.717) is 257 Å². The lowest BCUT2D eigenvalue weighted by Gasteiger charge is -2.17. The van der Waals surface area contributed by atoms with Crippen molar-refractivity contribution in [2.45, 2.75) is 0 Å². The van der Waals surface area contributed by atoms with Gasteiger partial charge in [-0.15, -0.1) is 0 Å². The van der Waals surface area contributed by atoms with Crippen molar-refractivity contribution in [2.75, 3.05) is 180 Å². The van der Waals surface area contributed by atoms with E-state index in [2.05, 4.69) is 70.8 Å². The fourth-order valence-electron chi connectivity index (χ4n) is 13.2. The second-order valence-corrected chi connectivity index (χ2v) is 29.3. The Bertz CT molecular complexity index is 6120. The Morgan fingerprint density at radius 2 is 0.705 bits per heavy atom. The zero-order valence-electron chi connectivity index (χ0n) is 71.8. The van der Waals surface area contributed by atoms with E-state index >= 15 is 0 Å². The fraction of sp³-hybridized carbons (Fsp3) is 0.234. The molecule has 10 N–H and O–H groups in total. The third-order valence-corrected chi connectivity index (χ3v) is 20.0. The molecule has 0 radical (unpaired) electrons. The molecule has 14 aromatic rings. The van der Waals surface area contributed by atoms with E-state index in [1.807, 2.05) is 72.8 Å². The van der Waals surface area contributed by atoms with Crippen molar-refractivity contribution in [3.05, 3.63) is 242 Å². The van der Waals surface area contributed by atoms with Gasteiger partial charge < -0.3 is 109 Å². The number of aromatic nitrogens is 12. The highest BCUT2D eigenvalue weighted by atomic mass is 16.6. The van der Waals surface area contributed by atoms with Gasteiger partial charge in [0.2, 0.25) is 5.88 Å². The fourth-order valence-corrected chi connectivity index (χ4v) is 13.2. The highest BCUT2D eigenvalue weighted by Crippen LogP contribution is 2.37. The Balaban J connectivity index is 0.000000135. The van der Waals surface area contributed by atoms with Crippen LogP contribution in [0.4, 0.5) is 34.6 Å². The van der Waals surface area contributed by atoms with Gasteiger partial charge in [-0.1, -0.05) is 71.0 Å². The second-order valence-electron chi connectivity index (χ2n) is 29.3. The van der Waals surface area contributed by atoms with Gasteiger partial charge in [0, 0.05) is 126 Å². The summed E-state index contributed by atoms with van der Waals surface area (Å²) in [4.78, 5) is 97.6. The van der Waals surface area contributed by atoms with Crippen LogP contribution in [0.15, 0.2) is 228 Å². The minimum atomic E-state index is -0.473. The SMILES string of the molecule is CN1CCOCCOCCOc2cccc(c2)-c2cc(on2)-c2nc(cnc2N)-c2ccc(cc2)C1=O.CN1CCOCCOCCOc2ccccc2-c2cc(on2)-c2nc(cnc2N)-c2ccc(cc2)C1=O.Nc1ncc2nc1C(=O)Nc1cccc(c1)OCCOCCOc1cc-2ccn1.Nc1ncc2nc1C(=O)Nc1cccc(c1)OCCOCCOc1cncc-2c1. The quantitative estimate of drug-likeness (QED) is 0.0768. The number of ether oxygens (including phenoxy) is 12. The normalized spacial score (nSPS) is 14.9. The standard InChI is InChI=1S/2C27H27N5O5.2C20H19N5O4/c1-32-9-10-34-11-12-35-13-14-36-21-4-2-3-20(15-21)22-16-24(37-31-22)25-26(28)29-17-23(30-25)18-5-7-19(8-6-18)27(32)33;1-32-10-11-34-12-13-35-14-15-36-23-5-3-2-4-20(23)21-16-24(37-31-21)25-26(28)29-17-22(30-25)18-6-8-19(9-7-18)27(32)33;21-19-18-20(26)24-14-2-1-3-15(9-14)28-6-4-27-5-7-29-16-8-13(10-22-11-16)17(25-18)12-23-19;21-19-18-20(26)24-14-2-1-3-15(11-14)28-8-6-27-7-9-29-17-10-13(4-5-22-17)16(25-18)12-23-19/h2-8,15-17H,9-14H2,1H3,(H2,28,29);2-9,16-17H,10-15H2,1H3,(H2,28,29);1-3,8-12H,4-7H2,(H2,21,23)(H,24,26);1-5,10-12H,6-9H2,(H2,21,23)(H,24,26). The van der Waals surface area contributed by atoms with Gasteiger partial charge in [0.25, 0.3) is 23.6 Å². The number of amides is 4. The van der Waals surface area contributed by atoms with E-state index in [1.54, 1.807) is 158 Å². The molecule has 132 heavy (non-hydrogen) atoms. The van der Waals surface area contributed by atoms with Gasteiger partial charge in [0.05, 0.1) is 133 Å². The maximum absolute atomic E-state index is 12.8. The first-order chi connectivity index (χ1) is 64.6. The van der Waals surface area contributed by atoms with Gasteiger partial charge >= 0.3 is 0 Å². The summed E-state index contributed by atoms with van der Waals surface area (Å²) < 4.78 is 78.9. The Morgan fingerprint density at radius 1 is 0.311 bits per heavy atom. The molecule has 0 saturated carbocycles. The number of likely N-dealkylation sites (N-methyl/N-ethyl adjacent to an activating group) is 2. The van der Waals surface area contributed by atoms with Gasteiger partial charge in [-0.05, 0) is 84.9 Å². The molecule has 38 heteroatoms. The van der Waals surface area contributed by atoms with Crippen molar-refractivity contribution in [1.29, 1.82) is 0 Å². The van der Waals surface area contributed by atoms with E-state index in [-0.39, 0.29) is 46.5 Å². The predicted molar refractivity (Wildman–Crippen MR) is 486 cm³/mol. The number of rotatable bonds is 0. The minimum absolute atomic E-state index is 0.0228. The van der Waals surface area contributed by atoms with Crippen molar-refractivity contribution in [3.8, 4) is 125 Å². The zero-order chi connectivity index (χ0) is 91.3. The number of pyridine rings is 2. The molecular formula is C94H92N20O18. The third kappa shape index (κ3) is 24.7. The molecule has 8 aromatic heterocycles. The first-order valence-corrected chi connectivity index (χ1v) is 41.9. The van der Waals surface area contributed by atoms with Crippen LogP contribution < -0.4 is 62.0 Å². The number of benzene rings is 6. The number of nitrogens with one attached hydrogen (secondary N) is 2. The molecule has 6 aliphatic heterocycles. The number of hydrogen-bond donors (Lipinski definition) is 6. The summed E-state index contributed by atoms with van der Waals surface area (Å²) in [5.74, 6) is 3.69. The van der Waals surface area contributed by atoms with Gasteiger partial charge in [-0.3, -0.25) is 24.2 Å². The van der Waals surface area contributed by atoms with E-state index in [0.717, 1.165) is 22.3 Å². The summed E-state index contributed by atoms with van der Waals surface area (Å²) in [5, 5.41) is 14.0. The number of hydrogen-bond acceptors (Lipinski definition) is 34. The lowest BCUT2D eigenvalue weighted by Crippen LogP contribution is -2.30. The molecule has 38 nitrogen and oxygen atoms in total. The molecule has 0 unspecified atom stereocenters. The molecule has 0 spiro atoms. The number of nitrogen functional groups attached to an aromatic ring is 4. The Labute approximate surface area is 756 Å². The Kier molecular flexibility index (Phi) is 31.0. The molecule has 0 saturated heterocycles. The van der Waals surface area contributed by atoms with Crippen molar-refractivity contribution in [2.24, 2.45) is 0 Å². The van der Waals surface area contributed by atoms with Crippen LogP contribution in [-0.2, 0) is 28.4 Å². The number of anilines is 6. The average Bonchev–Trinajstić information content (AvgIpc) is 1.44. The molecule has 6 aliphatic rings. The van der Waals surface area contributed by atoms with E-state index in [1.165, 1.54) is 12.4 Å². The lowest BCUT2D eigenvalue weighted by atomic mass is 10.1. The van der Waals surface area contributed by atoms with Crippen LogP contribution in [0.3, 0.4) is 0 Å². The van der Waals surface area contributed by atoms with Crippen LogP contribution in [0, 0.1) is 0 Å². The molecule has 14 heterocycles. The first-order valence-electron chi connectivity index (χ1n) is 41.9. The first kappa shape index (κ1) is 90.8. The molecule has 676 valence electrons. The van der Waals surface area contributed by atoms with E-state index in [4.69, 9.17) is 88.8 Å².